The highest BCUT2D eigenvalue weighted by molar-refractivity contribution is 9.11. The minimum Gasteiger partial charge on any atom is -0.477 e. The second-order valence-electron chi connectivity index (χ2n) is 3.17. The maximum atomic E-state index is 11.4. The van der Waals surface area contributed by atoms with Crippen molar-refractivity contribution in [1.82, 2.24) is 4.98 Å². The summed E-state index contributed by atoms with van der Waals surface area (Å²) in [5, 5.41) is 9.47. The molecule has 0 spiro atoms. The molecule has 2 N–H and O–H groups in total. The van der Waals surface area contributed by atoms with Crippen LogP contribution in [0.3, 0.4) is 0 Å². The highest BCUT2D eigenvalue weighted by Crippen LogP contribution is 2.26. The number of carboxylic acid groups (broad SMARTS) is 1. The Labute approximate surface area is 107 Å². The van der Waals surface area contributed by atoms with Crippen molar-refractivity contribution in [3.8, 4) is 0 Å². The summed E-state index contributed by atoms with van der Waals surface area (Å²) < 4.78 is 1.50. The van der Waals surface area contributed by atoms with Crippen molar-refractivity contribution in [2.45, 2.75) is 0 Å². The monoisotopic (exact) mass is 345 g/mol. The molecule has 1 heterocycles. The lowest BCUT2D eigenvalue weighted by molar-refractivity contribution is 0.0695. The van der Waals surface area contributed by atoms with Gasteiger partial charge in [-0.3, -0.25) is 4.79 Å². The number of halogens is 2. The van der Waals surface area contributed by atoms with Crippen LogP contribution in [-0.4, -0.2) is 16.1 Å². The van der Waals surface area contributed by atoms with E-state index in [9.17, 15) is 9.59 Å². The van der Waals surface area contributed by atoms with Gasteiger partial charge in [0.15, 0.2) is 0 Å². The number of benzene rings is 1. The lowest BCUT2D eigenvalue weighted by Crippen LogP contribution is -2.17. The lowest BCUT2D eigenvalue weighted by Gasteiger charge is -2.03. The predicted octanol–water partition coefficient (Wildman–Crippen LogP) is 2.75. The van der Waals surface area contributed by atoms with Gasteiger partial charge in [0.2, 0.25) is 0 Å². The number of hydrogen-bond acceptors (Lipinski definition) is 2. The summed E-state index contributed by atoms with van der Waals surface area (Å²) in [7, 11) is 0. The smallest absolute Gasteiger partial charge is 0.341 e. The molecule has 0 bridgehead atoms. The van der Waals surface area contributed by atoms with Crippen LogP contribution in [0.1, 0.15) is 10.4 Å². The van der Waals surface area contributed by atoms with Gasteiger partial charge in [-0.1, -0.05) is 15.9 Å². The highest BCUT2D eigenvalue weighted by atomic mass is 79.9. The number of hydrogen-bond donors (Lipinski definition) is 2. The molecule has 0 saturated carbocycles. The number of nitrogens with one attached hydrogen (secondary N) is 1. The van der Waals surface area contributed by atoms with Gasteiger partial charge < -0.3 is 10.1 Å². The van der Waals surface area contributed by atoms with Gasteiger partial charge in [-0.05, 0) is 34.1 Å². The van der Waals surface area contributed by atoms with Crippen molar-refractivity contribution in [2.75, 3.05) is 0 Å². The van der Waals surface area contributed by atoms with Gasteiger partial charge in [-0.15, -0.1) is 0 Å². The Balaban J connectivity index is 2.90. The number of aromatic carboxylic acids is 1. The van der Waals surface area contributed by atoms with Gasteiger partial charge in [0, 0.05) is 14.3 Å². The van der Waals surface area contributed by atoms with Crippen LogP contribution in [0, 0.1) is 0 Å². The standard InChI is InChI=1S/C10H5Br2NO3/c11-5-1-4-2-6(10(15)16)9(14)13-8(4)7(12)3-5/h1-3H,(H,13,14)(H,15,16). The Morgan fingerprint density at radius 2 is 1.94 bits per heavy atom. The van der Waals surface area contributed by atoms with E-state index in [0.717, 1.165) is 4.47 Å². The summed E-state index contributed by atoms with van der Waals surface area (Å²) in [5.41, 5.74) is -0.293. The Kier molecular flexibility index (Phi) is 2.86. The number of aromatic amines is 1. The molecular formula is C10H5Br2NO3. The first kappa shape index (κ1) is 11.3. The molecule has 0 unspecified atom stereocenters. The molecule has 1 aromatic carbocycles. The van der Waals surface area contributed by atoms with Crippen LogP contribution < -0.4 is 5.56 Å². The average molecular weight is 347 g/mol. The first-order chi connectivity index (χ1) is 7.49. The topological polar surface area (TPSA) is 70.2 Å². The largest absolute Gasteiger partial charge is 0.477 e. The fourth-order valence-corrected chi connectivity index (χ4v) is 2.76. The van der Waals surface area contributed by atoms with Crippen LogP contribution in [0.4, 0.5) is 0 Å². The first-order valence-electron chi connectivity index (χ1n) is 4.24. The lowest BCUT2D eigenvalue weighted by atomic mass is 10.1. The fraction of sp³-hybridized carbons (Fsp3) is 0. The zero-order valence-electron chi connectivity index (χ0n) is 7.75. The van der Waals surface area contributed by atoms with Crippen molar-refractivity contribution in [1.29, 1.82) is 0 Å². The molecule has 0 radical (unpaired) electrons. The second-order valence-corrected chi connectivity index (χ2v) is 4.94. The zero-order valence-corrected chi connectivity index (χ0v) is 10.9. The van der Waals surface area contributed by atoms with Crippen LogP contribution in [0.25, 0.3) is 10.9 Å². The molecule has 0 aliphatic carbocycles. The van der Waals surface area contributed by atoms with Crippen LogP contribution in [0.2, 0.25) is 0 Å². The van der Waals surface area contributed by atoms with Crippen molar-refractivity contribution < 1.29 is 9.90 Å². The number of aromatic nitrogens is 1. The molecule has 0 amide bonds. The molecule has 1 aromatic heterocycles. The molecule has 2 rings (SSSR count). The number of rotatable bonds is 1. The van der Waals surface area contributed by atoms with Crippen molar-refractivity contribution in [3.63, 3.8) is 0 Å². The molecule has 16 heavy (non-hydrogen) atoms. The van der Waals surface area contributed by atoms with E-state index >= 15 is 0 Å². The third-order valence-corrected chi connectivity index (χ3v) is 3.18. The maximum Gasteiger partial charge on any atom is 0.341 e. The Morgan fingerprint density at radius 3 is 2.56 bits per heavy atom. The number of pyridine rings is 1. The maximum absolute atomic E-state index is 11.4. The van der Waals surface area contributed by atoms with Crippen LogP contribution in [-0.2, 0) is 0 Å². The minimum absolute atomic E-state index is 0.266. The number of carbonyl (C=O) groups is 1. The van der Waals surface area contributed by atoms with E-state index in [1.165, 1.54) is 6.07 Å². The van der Waals surface area contributed by atoms with Crippen LogP contribution in [0.15, 0.2) is 31.9 Å². The molecule has 4 nitrogen and oxygen atoms in total. The molecule has 82 valence electrons. The van der Waals surface area contributed by atoms with Crippen molar-refractivity contribution in [3.05, 3.63) is 43.1 Å². The SMILES string of the molecule is O=C(O)c1cc2cc(Br)cc(Br)c2[nH]c1=O. The summed E-state index contributed by atoms with van der Waals surface area (Å²) in [6.07, 6.45) is 0. The second kappa shape index (κ2) is 4.03. The van der Waals surface area contributed by atoms with E-state index in [4.69, 9.17) is 5.11 Å². The molecule has 0 aliphatic rings. The van der Waals surface area contributed by atoms with Crippen molar-refractivity contribution in [2.24, 2.45) is 0 Å². The molecule has 0 atom stereocenters. The van der Waals surface area contributed by atoms with E-state index < -0.39 is 11.5 Å². The number of fused-ring (bicyclic) bond motifs is 1. The summed E-state index contributed by atoms with van der Waals surface area (Å²) in [6.45, 7) is 0. The Bertz CT molecular complexity index is 648. The quantitative estimate of drug-likeness (QED) is 0.834. The van der Waals surface area contributed by atoms with E-state index in [2.05, 4.69) is 36.8 Å². The van der Waals surface area contributed by atoms with Crippen LogP contribution in [0.5, 0.6) is 0 Å². The van der Waals surface area contributed by atoms with E-state index in [-0.39, 0.29) is 5.56 Å². The van der Waals surface area contributed by atoms with E-state index in [0.29, 0.717) is 15.4 Å². The molecular weight excluding hydrogens is 342 g/mol. The third kappa shape index (κ3) is 1.90. The normalized spacial score (nSPS) is 10.6. The van der Waals surface area contributed by atoms with Gasteiger partial charge >= 0.3 is 5.97 Å². The fourth-order valence-electron chi connectivity index (χ4n) is 1.40. The van der Waals surface area contributed by atoms with Gasteiger partial charge in [0.25, 0.3) is 5.56 Å². The van der Waals surface area contributed by atoms with E-state index in [1.807, 2.05) is 0 Å². The molecule has 0 saturated heterocycles. The first-order valence-corrected chi connectivity index (χ1v) is 5.83. The molecule has 0 fully saturated rings. The summed E-state index contributed by atoms with van der Waals surface area (Å²) >= 11 is 6.59. The van der Waals surface area contributed by atoms with Gasteiger partial charge in [-0.2, -0.15) is 0 Å². The summed E-state index contributed by atoms with van der Waals surface area (Å²) in [4.78, 5) is 24.8. The zero-order chi connectivity index (χ0) is 11.9. The van der Waals surface area contributed by atoms with Crippen LogP contribution >= 0.6 is 31.9 Å². The molecule has 2 aromatic rings. The van der Waals surface area contributed by atoms with Gasteiger partial charge in [-0.25, -0.2) is 4.79 Å². The predicted molar refractivity (Wildman–Crippen MR) is 66.9 cm³/mol. The highest BCUT2D eigenvalue weighted by Gasteiger charge is 2.11. The third-order valence-electron chi connectivity index (χ3n) is 2.10. The summed E-state index contributed by atoms with van der Waals surface area (Å²) in [5.74, 6) is -1.24. The van der Waals surface area contributed by atoms with Gasteiger partial charge in [0.05, 0.1) is 5.52 Å². The van der Waals surface area contributed by atoms with E-state index in [1.54, 1.807) is 12.1 Å². The molecule has 6 heteroatoms. The van der Waals surface area contributed by atoms with Crippen molar-refractivity contribution >= 4 is 48.7 Å². The Hall–Kier alpha value is -1.14. The minimum atomic E-state index is -1.24. The average Bonchev–Trinajstić information content (AvgIpc) is 2.18. The number of H-pyrrole nitrogens is 1. The summed E-state index contributed by atoms with van der Waals surface area (Å²) in [6, 6.07) is 4.87. The number of carboxylic acids is 1. The molecule has 0 aliphatic heterocycles. The Morgan fingerprint density at radius 1 is 1.25 bits per heavy atom. The van der Waals surface area contributed by atoms with Gasteiger partial charge in [0.1, 0.15) is 5.56 Å².